The standard InChI is InChI=1S/C10H15F2N3/c1-6(2)5-15(3)10-8(12)4-7(11)9(13)14-10/h4,6H,5H2,1-3H3,(H2,13,14). The van der Waals surface area contributed by atoms with Gasteiger partial charge in [-0.1, -0.05) is 13.8 Å². The van der Waals surface area contributed by atoms with Gasteiger partial charge in [-0.05, 0) is 5.92 Å². The van der Waals surface area contributed by atoms with Crippen LogP contribution in [-0.4, -0.2) is 18.6 Å². The van der Waals surface area contributed by atoms with Gasteiger partial charge < -0.3 is 10.6 Å². The second-order valence-corrected chi connectivity index (χ2v) is 3.94. The number of nitrogens with two attached hydrogens (primary N) is 1. The first kappa shape index (κ1) is 11.7. The molecule has 5 heteroatoms. The van der Waals surface area contributed by atoms with Gasteiger partial charge in [0.25, 0.3) is 0 Å². The van der Waals surface area contributed by atoms with Crippen LogP contribution in [0.1, 0.15) is 13.8 Å². The fraction of sp³-hybridized carbons (Fsp3) is 0.500. The van der Waals surface area contributed by atoms with Crippen LogP contribution in [0.2, 0.25) is 0 Å². The molecule has 84 valence electrons. The van der Waals surface area contributed by atoms with E-state index in [2.05, 4.69) is 4.98 Å². The smallest absolute Gasteiger partial charge is 0.168 e. The summed E-state index contributed by atoms with van der Waals surface area (Å²) in [6.07, 6.45) is 0. The lowest BCUT2D eigenvalue weighted by atomic mass is 10.2. The van der Waals surface area contributed by atoms with Gasteiger partial charge in [0.1, 0.15) is 0 Å². The molecule has 0 unspecified atom stereocenters. The molecule has 1 rings (SSSR count). The second kappa shape index (κ2) is 4.42. The van der Waals surface area contributed by atoms with Crippen LogP contribution in [0.3, 0.4) is 0 Å². The van der Waals surface area contributed by atoms with Crippen molar-refractivity contribution in [1.29, 1.82) is 0 Å². The molecule has 0 atom stereocenters. The average molecular weight is 215 g/mol. The molecule has 0 bridgehead atoms. The van der Waals surface area contributed by atoms with E-state index in [4.69, 9.17) is 5.73 Å². The Morgan fingerprint density at radius 2 is 2.00 bits per heavy atom. The molecule has 1 heterocycles. The van der Waals surface area contributed by atoms with E-state index < -0.39 is 11.6 Å². The molecule has 1 aromatic heterocycles. The average Bonchev–Trinajstić information content (AvgIpc) is 2.09. The summed E-state index contributed by atoms with van der Waals surface area (Å²) < 4.78 is 26.2. The van der Waals surface area contributed by atoms with Crippen LogP contribution in [-0.2, 0) is 0 Å². The first-order valence-electron chi connectivity index (χ1n) is 4.74. The topological polar surface area (TPSA) is 42.2 Å². The van der Waals surface area contributed by atoms with Gasteiger partial charge in [0.2, 0.25) is 0 Å². The molecule has 0 saturated carbocycles. The SMILES string of the molecule is CC(C)CN(C)c1nc(N)c(F)cc1F. The maximum atomic E-state index is 13.3. The Kier molecular flexibility index (Phi) is 3.44. The minimum absolute atomic E-state index is 0.0857. The van der Waals surface area contributed by atoms with Gasteiger partial charge >= 0.3 is 0 Å². The predicted octanol–water partition coefficient (Wildman–Crippen LogP) is 2.03. The highest BCUT2D eigenvalue weighted by molar-refractivity contribution is 5.46. The van der Waals surface area contributed by atoms with E-state index in [1.54, 1.807) is 11.9 Å². The highest BCUT2D eigenvalue weighted by Crippen LogP contribution is 2.20. The number of nitrogens with zero attached hydrogens (tertiary/aromatic N) is 2. The molecule has 0 aliphatic carbocycles. The third kappa shape index (κ3) is 2.78. The predicted molar refractivity (Wildman–Crippen MR) is 56.7 cm³/mol. The number of hydrogen-bond acceptors (Lipinski definition) is 3. The lowest BCUT2D eigenvalue weighted by Gasteiger charge is -2.21. The van der Waals surface area contributed by atoms with E-state index in [1.165, 1.54) is 0 Å². The normalized spacial score (nSPS) is 10.8. The summed E-state index contributed by atoms with van der Waals surface area (Å²) in [6, 6.07) is 0.758. The molecule has 15 heavy (non-hydrogen) atoms. The maximum absolute atomic E-state index is 13.3. The summed E-state index contributed by atoms with van der Waals surface area (Å²) in [5, 5.41) is 0. The van der Waals surface area contributed by atoms with E-state index in [-0.39, 0.29) is 11.6 Å². The first-order valence-corrected chi connectivity index (χ1v) is 4.74. The van der Waals surface area contributed by atoms with E-state index in [9.17, 15) is 8.78 Å². The van der Waals surface area contributed by atoms with Gasteiger partial charge in [0, 0.05) is 19.7 Å². The van der Waals surface area contributed by atoms with Gasteiger partial charge in [0.05, 0.1) is 0 Å². The van der Waals surface area contributed by atoms with Crippen LogP contribution in [0, 0.1) is 17.6 Å². The van der Waals surface area contributed by atoms with Crippen molar-refractivity contribution in [2.75, 3.05) is 24.2 Å². The number of hydrogen-bond donors (Lipinski definition) is 1. The van der Waals surface area contributed by atoms with Crippen molar-refractivity contribution in [3.05, 3.63) is 17.7 Å². The highest BCUT2D eigenvalue weighted by atomic mass is 19.1. The molecule has 0 amide bonds. The van der Waals surface area contributed by atoms with Crippen LogP contribution >= 0.6 is 0 Å². The Balaban J connectivity index is 2.98. The zero-order valence-corrected chi connectivity index (χ0v) is 9.09. The Bertz CT molecular complexity index is 353. The van der Waals surface area contributed by atoms with Crippen molar-refractivity contribution in [2.24, 2.45) is 5.92 Å². The Morgan fingerprint density at radius 3 is 2.53 bits per heavy atom. The van der Waals surface area contributed by atoms with E-state index in [0.717, 1.165) is 6.07 Å². The second-order valence-electron chi connectivity index (χ2n) is 3.94. The maximum Gasteiger partial charge on any atom is 0.168 e. The van der Waals surface area contributed by atoms with Gasteiger partial charge in [0.15, 0.2) is 23.3 Å². The van der Waals surface area contributed by atoms with Crippen LogP contribution in [0.4, 0.5) is 20.4 Å². The van der Waals surface area contributed by atoms with E-state index in [1.807, 2.05) is 13.8 Å². The number of nitrogen functional groups attached to an aromatic ring is 1. The summed E-state index contributed by atoms with van der Waals surface area (Å²) in [7, 11) is 1.70. The molecular weight excluding hydrogens is 200 g/mol. The number of rotatable bonds is 3. The molecule has 0 fully saturated rings. The van der Waals surface area contributed by atoms with E-state index in [0.29, 0.717) is 12.5 Å². The van der Waals surface area contributed by atoms with Crippen LogP contribution < -0.4 is 10.6 Å². The van der Waals surface area contributed by atoms with Gasteiger partial charge in [-0.15, -0.1) is 0 Å². The molecule has 1 aromatic rings. The lowest BCUT2D eigenvalue weighted by Crippen LogP contribution is -2.25. The molecule has 2 N–H and O–H groups in total. The molecule has 0 saturated heterocycles. The Morgan fingerprint density at radius 1 is 1.40 bits per heavy atom. The summed E-state index contributed by atoms with van der Waals surface area (Å²) >= 11 is 0. The first-order chi connectivity index (χ1) is 6.91. The molecule has 0 radical (unpaired) electrons. The summed E-state index contributed by atoms with van der Waals surface area (Å²) in [5.74, 6) is -1.34. The third-order valence-electron chi connectivity index (χ3n) is 1.94. The minimum atomic E-state index is -0.825. The fourth-order valence-electron chi connectivity index (χ4n) is 1.37. The largest absolute Gasteiger partial charge is 0.381 e. The van der Waals surface area contributed by atoms with Crippen molar-refractivity contribution >= 4 is 11.6 Å². The van der Waals surface area contributed by atoms with Crippen LogP contribution in [0.5, 0.6) is 0 Å². The minimum Gasteiger partial charge on any atom is -0.381 e. The van der Waals surface area contributed by atoms with Crippen LogP contribution in [0.15, 0.2) is 6.07 Å². The Labute approximate surface area is 87.9 Å². The van der Waals surface area contributed by atoms with Crippen molar-refractivity contribution < 1.29 is 8.78 Å². The molecule has 0 aliphatic rings. The molecule has 3 nitrogen and oxygen atoms in total. The number of anilines is 2. The van der Waals surface area contributed by atoms with Crippen molar-refractivity contribution in [3.63, 3.8) is 0 Å². The quantitative estimate of drug-likeness (QED) is 0.838. The van der Waals surface area contributed by atoms with Crippen molar-refractivity contribution in [2.45, 2.75) is 13.8 Å². The van der Waals surface area contributed by atoms with Crippen molar-refractivity contribution in [3.8, 4) is 0 Å². The summed E-state index contributed by atoms with van der Waals surface area (Å²) in [5.41, 5.74) is 5.28. The zero-order valence-electron chi connectivity index (χ0n) is 9.09. The van der Waals surface area contributed by atoms with Gasteiger partial charge in [-0.25, -0.2) is 13.8 Å². The molecular formula is C10H15F2N3. The monoisotopic (exact) mass is 215 g/mol. The molecule has 0 aliphatic heterocycles. The fourth-order valence-corrected chi connectivity index (χ4v) is 1.37. The lowest BCUT2D eigenvalue weighted by molar-refractivity contribution is 0.564. The zero-order chi connectivity index (χ0) is 11.6. The number of aromatic nitrogens is 1. The van der Waals surface area contributed by atoms with Gasteiger partial charge in [-0.3, -0.25) is 0 Å². The summed E-state index contributed by atoms with van der Waals surface area (Å²) in [6.45, 7) is 4.64. The number of halogens is 2. The van der Waals surface area contributed by atoms with Crippen LogP contribution in [0.25, 0.3) is 0 Å². The van der Waals surface area contributed by atoms with E-state index >= 15 is 0 Å². The Hall–Kier alpha value is -1.39. The molecule has 0 aromatic carbocycles. The molecule has 0 spiro atoms. The van der Waals surface area contributed by atoms with Crippen molar-refractivity contribution in [1.82, 2.24) is 4.98 Å². The number of pyridine rings is 1. The summed E-state index contributed by atoms with van der Waals surface area (Å²) in [4.78, 5) is 5.30. The highest BCUT2D eigenvalue weighted by Gasteiger charge is 2.14. The third-order valence-corrected chi connectivity index (χ3v) is 1.94. The van der Waals surface area contributed by atoms with Gasteiger partial charge in [-0.2, -0.15) is 0 Å².